The molecule has 0 radical (unpaired) electrons. The highest BCUT2D eigenvalue weighted by molar-refractivity contribution is 5.77. The third-order valence-corrected chi connectivity index (χ3v) is 2.33. The fourth-order valence-corrected chi connectivity index (χ4v) is 1.36. The van der Waals surface area contributed by atoms with Crippen LogP contribution in [0.15, 0.2) is 0 Å². The highest BCUT2D eigenvalue weighted by Crippen LogP contribution is 2.03. The maximum Gasteiger partial charge on any atom is 0.236 e. The van der Waals surface area contributed by atoms with Gasteiger partial charge in [-0.15, -0.1) is 0 Å². The van der Waals surface area contributed by atoms with Crippen molar-refractivity contribution in [3.63, 3.8) is 0 Å². The first kappa shape index (κ1) is 13.4. The Balaban J connectivity index is 3.66. The van der Waals surface area contributed by atoms with E-state index in [1.54, 1.807) is 4.90 Å². The number of nitrogens with one attached hydrogen (secondary N) is 1. The lowest BCUT2D eigenvalue weighted by molar-refractivity contribution is -0.128. The summed E-state index contributed by atoms with van der Waals surface area (Å²) in [6.07, 6.45) is 1.11. The van der Waals surface area contributed by atoms with E-state index >= 15 is 0 Å². The molecular weight excluding hydrogens is 176 g/mol. The molecule has 1 N–H and O–H groups in total. The maximum atomic E-state index is 11.4. The molecule has 0 spiro atoms. The van der Waals surface area contributed by atoms with E-state index in [-0.39, 0.29) is 5.91 Å². The van der Waals surface area contributed by atoms with E-state index in [2.05, 4.69) is 26.1 Å². The molecule has 0 rings (SSSR count). The van der Waals surface area contributed by atoms with Crippen LogP contribution in [0.4, 0.5) is 0 Å². The van der Waals surface area contributed by atoms with Crippen molar-refractivity contribution in [1.29, 1.82) is 0 Å². The van der Waals surface area contributed by atoms with Gasteiger partial charge in [0, 0.05) is 19.6 Å². The van der Waals surface area contributed by atoms with Crippen molar-refractivity contribution in [3.05, 3.63) is 0 Å². The van der Waals surface area contributed by atoms with E-state index in [0.717, 1.165) is 13.0 Å². The molecule has 0 aliphatic carbocycles. The number of hydrogen-bond donors (Lipinski definition) is 1. The number of carbonyl (C=O) groups excluding carboxylic acids is 1. The van der Waals surface area contributed by atoms with E-state index in [0.29, 0.717) is 18.5 Å². The quantitative estimate of drug-likeness (QED) is 0.704. The van der Waals surface area contributed by atoms with Crippen LogP contribution in [0.25, 0.3) is 0 Å². The van der Waals surface area contributed by atoms with Gasteiger partial charge >= 0.3 is 0 Å². The lowest BCUT2D eigenvalue weighted by atomic mass is 10.1. The second-order valence-electron chi connectivity index (χ2n) is 4.32. The van der Waals surface area contributed by atoms with Crippen LogP contribution in [-0.2, 0) is 4.79 Å². The molecule has 0 aromatic rings. The molecule has 0 saturated heterocycles. The van der Waals surface area contributed by atoms with Crippen LogP contribution >= 0.6 is 0 Å². The lowest BCUT2D eigenvalue weighted by Gasteiger charge is -2.19. The minimum atomic E-state index is 0.170. The molecule has 0 heterocycles. The van der Waals surface area contributed by atoms with Crippen LogP contribution in [0.5, 0.6) is 0 Å². The van der Waals surface area contributed by atoms with Crippen LogP contribution < -0.4 is 5.32 Å². The number of amides is 1. The fraction of sp³-hybridized carbons (Fsp3) is 0.909. The highest BCUT2D eigenvalue weighted by Gasteiger charge is 2.09. The minimum absolute atomic E-state index is 0.170. The van der Waals surface area contributed by atoms with Gasteiger partial charge < -0.3 is 10.2 Å². The summed E-state index contributed by atoms with van der Waals surface area (Å²) < 4.78 is 0. The number of likely N-dealkylation sites (N-methyl/N-ethyl adjacent to an activating group) is 1. The van der Waals surface area contributed by atoms with E-state index < -0.39 is 0 Å². The molecule has 0 aromatic carbocycles. The summed E-state index contributed by atoms with van der Waals surface area (Å²) in [6, 6.07) is 0.421. The molecule has 1 unspecified atom stereocenters. The van der Waals surface area contributed by atoms with Gasteiger partial charge in [-0.3, -0.25) is 4.79 Å². The molecule has 1 atom stereocenters. The molecule has 3 nitrogen and oxygen atoms in total. The van der Waals surface area contributed by atoms with Gasteiger partial charge in [0.05, 0.1) is 6.54 Å². The number of hydrogen-bond acceptors (Lipinski definition) is 2. The first-order chi connectivity index (χ1) is 6.47. The summed E-state index contributed by atoms with van der Waals surface area (Å²) in [7, 11) is 1.83. The Bertz CT molecular complexity index is 169. The Morgan fingerprint density at radius 3 is 2.36 bits per heavy atom. The maximum absolute atomic E-state index is 11.4. The van der Waals surface area contributed by atoms with Crippen molar-refractivity contribution in [2.75, 3.05) is 20.1 Å². The van der Waals surface area contributed by atoms with Gasteiger partial charge in [-0.25, -0.2) is 0 Å². The smallest absolute Gasteiger partial charge is 0.236 e. The second kappa shape index (κ2) is 6.82. The molecule has 14 heavy (non-hydrogen) atoms. The van der Waals surface area contributed by atoms with Gasteiger partial charge in [0.15, 0.2) is 0 Å². The molecule has 3 heteroatoms. The average molecular weight is 200 g/mol. The third-order valence-electron chi connectivity index (χ3n) is 2.33. The Labute approximate surface area is 87.9 Å². The van der Waals surface area contributed by atoms with Gasteiger partial charge in [-0.2, -0.15) is 0 Å². The van der Waals surface area contributed by atoms with Gasteiger partial charge in [-0.1, -0.05) is 13.8 Å². The Hall–Kier alpha value is -0.570. The number of rotatable bonds is 6. The Morgan fingerprint density at radius 2 is 1.93 bits per heavy atom. The summed E-state index contributed by atoms with van der Waals surface area (Å²) in [5.74, 6) is 0.847. The van der Waals surface area contributed by atoms with Gasteiger partial charge in [0.1, 0.15) is 0 Å². The molecule has 0 saturated carbocycles. The lowest BCUT2D eigenvalue weighted by Crippen LogP contribution is -2.39. The van der Waals surface area contributed by atoms with Crippen molar-refractivity contribution in [2.24, 2.45) is 5.92 Å². The zero-order valence-electron chi connectivity index (χ0n) is 10.1. The fourth-order valence-electron chi connectivity index (χ4n) is 1.36. The second-order valence-corrected chi connectivity index (χ2v) is 4.32. The SMILES string of the molecule is CCN(C)C(=O)CNC(C)CC(C)C. The van der Waals surface area contributed by atoms with Crippen LogP contribution in [0.3, 0.4) is 0 Å². The molecule has 0 fully saturated rings. The van der Waals surface area contributed by atoms with Crippen molar-refractivity contribution < 1.29 is 4.79 Å². The molecule has 0 aromatic heterocycles. The van der Waals surface area contributed by atoms with Crippen LogP contribution in [0.1, 0.15) is 34.1 Å². The summed E-state index contributed by atoms with van der Waals surface area (Å²) in [4.78, 5) is 13.2. The summed E-state index contributed by atoms with van der Waals surface area (Å²) in [5.41, 5.74) is 0. The number of nitrogens with zero attached hydrogens (tertiary/aromatic N) is 1. The van der Waals surface area contributed by atoms with E-state index in [4.69, 9.17) is 0 Å². The molecule has 84 valence electrons. The predicted molar refractivity (Wildman–Crippen MR) is 60.2 cm³/mol. The molecule has 1 amide bonds. The standard InChI is InChI=1S/C11H24N2O/c1-6-13(5)11(14)8-12-10(4)7-9(2)3/h9-10,12H,6-8H2,1-5H3. The Morgan fingerprint density at radius 1 is 1.36 bits per heavy atom. The summed E-state index contributed by atoms with van der Waals surface area (Å²) >= 11 is 0. The monoisotopic (exact) mass is 200 g/mol. The predicted octanol–water partition coefficient (Wildman–Crippen LogP) is 1.49. The van der Waals surface area contributed by atoms with Crippen LogP contribution in [0, 0.1) is 5.92 Å². The number of carbonyl (C=O) groups is 1. The highest BCUT2D eigenvalue weighted by atomic mass is 16.2. The van der Waals surface area contributed by atoms with Crippen LogP contribution in [0.2, 0.25) is 0 Å². The first-order valence-electron chi connectivity index (χ1n) is 5.44. The normalized spacial score (nSPS) is 13.0. The van der Waals surface area contributed by atoms with Crippen molar-refractivity contribution in [3.8, 4) is 0 Å². The van der Waals surface area contributed by atoms with E-state index in [1.807, 2.05) is 14.0 Å². The molecule has 0 bridgehead atoms. The molecule has 0 aliphatic rings. The zero-order valence-corrected chi connectivity index (χ0v) is 10.1. The van der Waals surface area contributed by atoms with Crippen molar-refractivity contribution >= 4 is 5.91 Å². The summed E-state index contributed by atoms with van der Waals surface area (Å²) in [6.45, 7) is 9.72. The van der Waals surface area contributed by atoms with Crippen LogP contribution in [-0.4, -0.2) is 37.0 Å². The molecular formula is C11H24N2O. The van der Waals surface area contributed by atoms with Crippen molar-refractivity contribution in [2.45, 2.75) is 40.2 Å². The Kier molecular flexibility index (Phi) is 6.54. The zero-order chi connectivity index (χ0) is 11.1. The van der Waals surface area contributed by atoms with Gasteiger partial charge in [0.2, 0.25) is 5.91 Å². The van der Waals surface area contributed by atoms with Gasteiger partial charge in [0.25, 0.3) is 0 Å². The minimum Gasteiger partial charge on any atom is -0.345 e. The topological polar surface area (TPSA) is 32.3 Å². The summed E-state index contributed by atoms with van der Waals surface area (Å²) in [5, 5.41) is 3.24. The molecule has 0 aliphatic heterocycles. The largest absolute Gasteiger partial charge is 0.345 e. The average Bonchev–Trinajstić information content (AvgIpc) is 2.11. The first-order valence-corrected chi connectivity index (χ1v) is 5.44. The third kappa shape index (κ3) is 5.97. The van der Waals surface area contributed by atoms with Crippen molar-refractivity contribution in [1.82, 2.24) is 10.2 Å². The van der Waals surface area contributed by atoms with E-state index in [9.17, 15) is 4.79 Å². The van der Waals surface area contributed by atoms with E-state index in [1.165, 1.54) is 0 Å². The van der Waals surface area contributed by atoms with Gasteiger partial charge in [-0.05, 0) is 26.2 Å².